The van der Waals surface area contributed by atoms with Gasteiger partial charge in [0.1, 0.15) is 5.69 Å². The summed E-state index contributed by atoms with van der Waals surface area (Å²) in [5.41, 5.74) is 0.496. The van der Waals surface area contributed by atoms with Crippen molar-refractivity contribution < 1.29 is 4.79 Å². The van der Waals surface area contributed by atoms with Crippen LogP contribution in [-0.2, 0) is 0 Å². The predicted molar refractivity (Wildman–Crippen MR) is 103 cm³/mol. The second-order valence-corrected chi connectivity index (χ2v) is 6.97. The third-order valence-corrected chi connectivity index (χ3v) is 5.15. The maximum Gasteiger partial charge on any atom is 0.272 e. The number of aromatic nitrogens is 4. The van der Waals surface area contributed by atoms with E-state index in [9.17, 15) is 4.79 Å². The topological polar surface area (TPSA) is 78.4 Å². The lowest BCUT2D eigenvalue weighted by Gasteiger charge is -2.34. The number of hydrogen-bond donors (Lipinski definition) is 0. The van der Waals surface area contributed by atoms with Crippen LogP contribution in [0.2, 0.25) is 0 Å². The van der Waals surface area contributed by atoms with Crippen molar-refractivity contribution in [2.75, 3.05) is 49.1 Å². The molecule has 0 N–H and O–H groups in total. The molecule has 0 spiro atoms. The van der Waals surface area contributed by atoms with Crippen molar-refractivity contribution in [1.29, 1.82) is 0 Å². The van der Waals surface area contributed by atoms with E-state index in [2.05, 4.69) is 29.7 Å². The normalized spacial score (nSPS) is 18.3. The zero-order valence-corrected chi connectivity index (χ0v) is 15.5. The van der Waals surface area contributed by atoms with Crippen molar-refractivity contribution in [1.82, 2.24) is 24.8 Å². The van der Waals surface area contributed by atoms with Crippen LogP contribution in [0.5, 0.6) is 0 Å². The molecule has 2 fully saturated rings. The molecule has 0 aliphatic carbocycles. The average molecular weight is 367 g/mol. The molecule has 8 nitrogen and oxygen atoms in total. The second-order valence-electron chi connectivity index (χ2n) is 6.97. The fourth-order valence-electron chi connectivity index (χ4n) is 3.62. The molecule has 0 aromatic carbocycles. The van der Waals surface area contributed by atoms with Crippen LogP contribution in [0.25, 0.3) is 0 Å². The monoisotopic (exact) mass is 367 g/mol. The fraction of sp³-hybridized carbons (Fsp3) is 0.526. The number of hydrogen-bond acceptors (Lipinski definition) is 7. The Morgan fingerprint density at radius 3 is 2.00 bits per heavy atom. The van der Waals surface area contributed by atoms with Gasteiger partial charge >= 0.3 is 0 Å². The van der Waals surface area contributed by atoms with Crippen molar-refractivity contribution >= 4 is 17.8 Å². The van der Waals surface area contributed by atoms with Gasteiger partial charge in [0.05, 0.1) is 0 Å². The molecule has 2 aliphatic heterocycles. The van der Waals surface area contributed by atoms with Crippen LogP contribution >= 0.6 is 0 Å². The minimum absolute atomic E-state index is 0.0249. The lowest BCUT2D eigenvalue weighted by molar-refractivity contribution is 0.0755. The molecule has 8 heteroatoms. The van der Waals surface area contributed by atoms with E-state index in [1.807, 2.05) is 11.0 Å². The van der Waals surface area contributed by atoms with Crippen LogP contribution in [0.3, 0.4) is 0 Å². The number of nitrogens with zero attached hydrogens (tertiary/aromatic N) is 7. The highest BCUT2D eigenvalue weighted by Crippen LogP contribution is 2.16. The van der Waals surface area contributed by atoms with Gasteiger partial charge in [-0.1, -0.05) is 12.8 Å². The van der Waals surface area contributed by atoms with Crippen LogP contribution in [0.15, 0.2) is 30.7 Å². The van der Waals surface area contributed by atoms with Gasteiger partial charge in [-0.05, 0) is 25.0 Å². The molecular weight excluding hydrogens is 342 g/mol. The molecule has 0 radical (unpaired) electrons. The van der Waals surface area contributed by atoms with Crippen molar-refractivity contribution in [3.05, 3.63) is 36.4 Å². The van der Waals surface area contributed by atoms with Crippen molar-refractivity contribution in [2.24, 2.45) is 0 Å². The molecule has 0 saturated carbocycles. The van der Waals surface area contributed by atoms with Gasteiger partial charge in [-0.3, -0.25) is 4.79 Å². The highest BCUT2D eigenvalue weighted by atomic mass is 16.2. The molecule has 142 valence electrons. The molecular formula is C19H25N7O. The van der Waals surface area contributed by atoms with E-state index < -0.39 is 0 Å². The summed E-state index contributed by atoms with van der Waals surface area (Å²) in [6.45, 7) is 4.82. The molecule has 4 rings (SSSR count). The van der Waals surface area contributed by atoms with Gasteiger partial charge < -0.3 is 14.7 Å². The van der Waals surface area contributed by atoms with Gasteiger partial charge in [0, 0.05) is 57.9 Å². The Bertz CT molecular complexity index is 754. The minimum atomic E-state index is 0.0249. The fourth-order valence-corrected chi connectivity index (χ4v) is 3.62. The first-order valence-electron chi connectivity index (χ1n) is 9.70. The second kappa shape index (κ2) is 8.28. The van der Waals surface area contributed by atoms with E-state index in [-0.39, 0.29) is 5.91 Å². The first kappa shape index (κ1) is 17.6. The molecule has 2 aromatic rings. The number of piperazine rings is 1. The van der Waals surface area contributed by atoms with Gasteiger partial charge in [-0.25, -0.2) is 19.9 Å². The molecule has 0 bridgehead atoms. The standard InChI is InChI=1S/C19H25N7O/c27-17(24-10-3-1-2-4-11-24)16-6-9-22-19(23-16)26-14-12-25(13-15-26)18-20-7-5-8-21-18/h5-9H,1-4,10-15H2. The average Bonchev–Trinajstić information content (AvgIpc) is 3.04. The Balaban J connectivity index is 1.41. The zero-order valence-electron chi connectivity index (χ0n) is 15.5. The van der Waals surface area contributed by atoms with E-state index in [0.29, 0.717) is 11.6 Å². The highest BCUT2D eigenvalue weighted by Gasteiger charge is 2.23. The lowest BCUT2D eigenvalue weighted by atomic mass is 10.2. The van der Waals surface area contributed by atoms with E-state index in [1.54, 1.807) is 24.7 Å². The molecule has 0 atom stereocenters. The number of carbonyl (C=O) groups excluding carboxylic acids is 1. The summed E-state index contributed by atoms with van der Waals surface area (Å²) in [5.74, 6) is 1.41. The molecule has 1 amide bonds. The summed E-state index contributed by atoms with van der Waals surface area (Å²) in [5, 5.41) is 0. The molecule has 27 heavy (non-hydrogen) atoms. The Labute approximate surface area is 159 Å². The maximum absolute atomic E-state index is 12.8. The van der Waals surface area contributed by atoms with Crippen LogP contribution < -0.4 is 9.80 Å². The quantitative estimate of drug-likeness (QED) is 0.815. The smallest absolute Gasteiger partial charge is 0.272 e. The van der Waals surface area contributed by atoms with Crippen LogP contribution in [0, 0.1) is 0 Å². The summed E-state index contributed by atoms with van der Waals surface area (Å²) in [6, 6.07) is 3.55. The van der Waals surface area contributed by atoms with Gasteiger partial charge in [0.15, 0.2) is 0 Å². The van der Waals surface area contributed by atoms with Crippen LogP contribution in [0.1, 0.15) is 36.2 Å². The van der Waals surface area contributed by atoms with Crippen LogP contribution in [-0.4, -0.2) is 70.0 Å². The van der Waals surface area contributed by atoms with E-state index in [1.165, 1.54) is 12.8 Å². The summed E-state index contributed by atoms with van der Waals surface area (Å²) < 4.78 is 0. The molecule has 2 aromatic heterocycles. The van der Waals surface area contributed by atoms with Gasteiger partial charge in [0.25, 0.3) is 5.91 Å². The third-order valence-electron chi connectivity index (χ3n) is 5.15. The van der Waals surface area contributed by atoms with Gasteiger partial charge in [-0.2, -0.15) is 0 Å². The molecule has 0 unspecified atom stereocenters. The molecule has 2 aliphatic rings. The Morgan fingerprint density at radius 1 is 0.741 bits per heavy atom. The lowest BCUT2D eigenvalue weighted by Crippen LogP contribution is -2.47. The van der Waals surface area contributed by atoms with E-state index >= 15 is 0 Å². The first-order chi connectivity index (χ1) is 13.3. The predicted octanol–water partition coefficient (Wildman–Crippen LogP) is 1.61. The zero-order chi connectivity index (χ0) is 18.5. The third kappa shape index (κ3) is 4.15. The van der Waals surface area contributed by atoms with Crippen molar-refractivity contribution in [3.63, 3.8) is 0 Å². The summed E-state index contributed by atoms with van der Waals surface area (Å²) in [7, 11) is 0. The van der Waals surface area contributed by atoms with Crippen LogP contribution in [0.4, 0.5) is 11.9 Å². The Kier molecular flexibility index (Phi) is 5.41. The number of anilines is 2. The van der Waals surface area contributed by atoms with E-state index in [4.69, 9.17) is 0 Å². The number of rotatable bonds is 3. The van der Waals surface area contributed by atoms with Gasteiger partial charge in [-0.15, -0.1) is 0 Å². The summed E-state index contributed by atoms with van der Waals surface area (Å²) in [6.07, 6.45) is 9.77. The Hall–Kier alpha value is -2.77. The van der Waals surface area contributed by atoms with Crippen molar-refractivity contribution in [2.45, 2.75) is 25.7 Å². The minimum Gasteiger partial charge on any atom is -0.337 e. The van der Waals surface area contributed by atoms with Crippen molar-refractivity contribution in [3.8, 4) is 0 Å². The summed E-state index contributed by atoms with van der Waals surface area (Å²) >= 11 is 0. The SMILES string of the molecule is O=C(c1ccnc(N2CCN(c3ncccn3)CC2)n1)N1CCCCCC1. The first-order valence-corrected chi connectivity index (χ1v) is 9.70. The Morgan fingerprint density at radius 2 is 1.33 bits per heavy atom. The number of carbonyl (C=O) groups is 1. The summed E-state index contributed by atoms with van der Waals surface area (Å²) in [4.78, 5) is 36.6. The van der Waals surface area contributed by atoms with Gasteiger partial charge in [0.2, 0.25) is 11.9 Å². The van der Waals surface area contributed by atoms with E-state index in [0.717, 1.165) is 58.1 Å². The molecule has 2 saturated heterocycles. The largest absolute Gasteiger partial charge is 0.337 e. The number of likely N-dealkylation sites (tertiary alicyclic amines) is 1. The number of amides is 1. The molecule has 4 heterocycles. The highest BCUT2D eigenvalue weighted by molar-refractivity contribution is 5.92. The maximum atomic E-state index is 12.8.